The molecule has 3 N–H and O–H groups in total. The average Bonchev–Trinajstić information content (AvgIpc) is 2.17. The third-order valence-corrected chi connectivity index (χ3v) is 2.38. The first-order valence-electron chi connectivity index (χ1n) is 5.19. The molecule has 0 amide bonds. The minimum absolute atomic E-state index is 0.314. The molecular formula is C10H16N4O. The maximum Gasteiger partial charge on any atom is 0.222 e. The maximum atomic E-state index is 5.57. The van der Waals surface area contributed by atoms with E-state index in [1.54, 1.807) is 0 Å². The molecule has 0 saturated carbocycles. The molecule has 1 fully saturated rings. The van der Waals surface area contributed by atoms with E-state index in [1.807, 2.05) is 13.0 Å². The Morgan fingerprint density at radius 2 is 2.40 bits per heavy atom. The van der Waals surface area contributed by atoms with Gasteiger partial charge in [-0.05, 0) is 19.8 Å². The number of nitrogen functional groups attached to an aromatic ring is 1. The molecule has 1 aromatic heterocycles. The molecule has 1 unspecified atom stereocenters. The summed E-state index contributed by atoms with van der Waals surface area (Å²) >= 11 is 0. The molecule has 5 nitrogen and oxygen atoms in total. The number of nitrogens with one attached hydrogen (secondary N) is 1. The lowest BCUT2D eigenvalue weighted by atomic mass is 10.1. The lowest BCUT2D eigenvalue weighted by molar-refractivity contribution is 0.0875. The van der Waals surface area contributed by atoms with E-state index < -0.39 is 0 Å². The van der Waals surface area contributed by atoms with Gasteiger partial charge in [-0.15, -0.1) is 0 Å². The summed E-state index contributed by atoms with van der Waals surface area (Å²) in [6.45, 7) is 3.51. The monoisotopic (exact) mass is 208 g/mol. The van der Waals surface area contributed by atoms with Crippen LogP contribution in [0.15, 0.2) is 6.07 Å². The van der Waals surface area contributed by atoms with Gasteiger partial charge in [0.05, 0.1) is 12.6 Å². The Kier molecular flexibility index (Phi) is 3.01. The smallest absolute Gasteiger partial charge is 0.222 e. The molecule has 0 aromatic carbocycles. The number of rotatable bonds is 2. The molecule has 1 aliphatic heterocycles. The van der Waals surface area contributed by atoms with Crippen LogP contribution in [0.4, 0.5) is 11.8 Å². The van der Waals surface area contributed by atoms with Gasteiger partial charge < -0.3 is 15.8 Å². The third-order valence-electron chi connectivity index (χ3n) is 2.38. The van der Waals surface area contributed by atoms with Gasteiger partial charge >= 0.3 is 0 Å². The highest BCUT2D eigenvalue weighted by Gasteiger charge is 2.14. The van der Waals surface area contributed by atoms with Crippen LogP contribution in [0.2, 0.25) is 0 Å². The van der Waals surface area contributed by atoms with E-state index in [1.165, 1.54) is 0 Å². The quantitative estimate of drug-likeness (QED) is 0.757. The number of aromatic nitrogens is 2. The highest BCUT2D eigenvalue weighted by Crippen LogP contribution is 2.13. The van der Waals surface area contributed by atoms with E-state index in [2.05, 4.69) is 15.3 Å². The van der Waals surface area contributed by atoms with Gasteiger partial charge in [-0.25, -0.2) is 4.98 Å². The second kappa shape index (κ2) is 4.44. The molecule has 0 aliphatic carbocycles. The predicted octanol–water partition coefficient (Wildman–Crippen LogP) is 0.958. The summed E-state index contributed by atoms with van der Waals surface area (Å²) in [5.74, 6) is 1.10. The summed E-state index contributed by atoms with van der Waals surface area (Å²) < 4.78 is 5.38. The summed E-state index contributed by atoms with van der Waals surface area (Å²) in [7, 11) is 0. The topological polar surface area (TPSA) is 73.1 Å². The molecular weight excluding hydrogens is 192 g/mol. The second-order valence-electron chi connectivity index (χ2n) is 3.81. The van der Waals surface area contributed by atoms with Crippen LogP contribution in [-0.2, 0) is 4.74 Å². The summed E-state index contributed by atoms with van der Waals surface area (Å²) in [6.07, 6.45) is 2.21. The molecule has 0 radical (unpaired) electrons. The average molecular weight is 208 g/mol. The molecule has 1 aliphatic rings. The van der Waals surface area contributed by atoms with E-state index in [9.17, 15) is 0 Å². The van der Waals surface area contributed by atoms with Gasteiger partial charge in [0.25, 0.3) is 0 Å². The van der Waals surface area contributed by atoms with Crippen molar-refractivity contribution < 1.29 is 4.74 Å². The molecule has 1 atom stereocenters. The van der Waals surface area contributed by atoms with Gasteiger partial charge in [-0.1, -0.05) is 0 Å². The fourth-order valence-electron chi connectivity index (χ4n) is 1.73. The van der Waals surface area contributed by atoms with Crippen LogP contribution in [0.3, 0.4) is 0 Å². The van der Waals surface area contributed by atoms with E-state index in [0.29, 0.717) is 12.0 Å². The van der Waals surface area contributed by atoms with Crippen molar-refractivity contribution in [2.75, 3.05) is 24.3 Å². The Bertz CT molecular complexity index is 316. The predicted molar refractivity (Wildman–Crippen MR) is 58.6 cm³/mol. The second-order valence-corrected chi connectivity index (χ2v) is 3.81. The number of hydrogen-bond donors (Lipinski definition) is 2. The Hall–Kier alpha value is -1.36. The third kappa shape index (κ3) is 2.79. The Morgan fingerprint density at radius 3 is 3.07 bits per heavy atom. The molecule has 2 rings (SSSR count). The van der Waals surface area contributed by atoms with Gasteiger partial charge in [0.2, 0.25) is 5.95 Å². The normalized spacial score (nSPS) is 21.3. The number of hydrogen-bond acceptors (Lipinski definition) is 5. The number of ether oxygens (including phenoxy) is 1. The molecule has 0 bridgehead atoms. The summed E-state index contributed by atoms with van der Waals surface area (Å²) in [5, 5.41) is 3.31. The maximum absolute atomic E-state index is 5.57. The number of aryl methyl sites for hydroxylation is 1. The van der Waals surface area contributed by atoms with Crippen molar-refractivity contribution in [1.82, 2.24) is 9.97 Å². The molecule has 15 heavy (non-hydrogen) atoms. The zero-order valence-corrected chi connectivity index (χ0v) is 8.86. The standard InChI is InChI=1S/C10H16N4O/c1-7-5-9(14-10(11)12-7)13-8-3-2-4-15-6-8/h5,8H,2-4,6H2,1H3,(H3,11,12,13,14). The summed E-state index contributed by atoms with van der Waals surface area (Å²) in [4.78, 5) is 8.15. The SMILES string of the molecule is Cc1cc(NC2CCCOC2)nc(N)n1. The Morgan fingerprint density at radius 1 is 1.53 bits per heavy atom. The van der Waals surface area contributed by atoms with Gasteiger partial charge in [0.1, 0.15) is 5.82 Å². The van der Waals surface area contributed by atoms with Crippen molar-refractivity contribution in [3.8, 4) is 0 Å². The van der Waals surface area contributed by atoms with Crippen molar-refractivity contribution in [3.05, 3.63) is 11.8 Å². The first kappa shape index (κ1) is 10.2. The molecule has 1 aromatic rings. The zero-order valence-electron chi connectivity index (χ0n) is 8.86. The molecule has 0 spiro atoms. The molecule has 1 saturated heterocycles. The summed E-state index contributed by atoms with van der Waals surface area (Å²) in [6, 6.07) is 2.23. The summed E-state index contributed by atoms with van der Waals surface area (Å²) in [5.41, 5.74) is 6.45. The molecule has 5 heteroatoms. The first-order valence-corrected chi connectivity index (χ1v) is 5.19. The number of nitrogens with zero attached hydrogens (tertiary/aromatic N) is 2. The van der Waals surface area contributed by atoms with Crippen LogP contribution in [0.1, 0.15) is 18.5 Å². The van der Waals surface area contributed by atoms with E-state index in [0.717, 1.165) is 37.6 Å². The van der Waals surface area contributed by atoms with Crippen LogP contribution in [0, 0.1) is 6.92 Å². The van der Waals surface area contributed by atoms with Crippen LogP contribution < -0.4 is 11.1 Å². The first-order chi connectivity index (χ1) is 7.24. The minimum Gasteiger partial charge on any atom is -0.379 e. The van der Waals surface area contributed by atoms with E-state index in [4.69, 9.17) is 10.5 Å². The number of anilines is 2. The van der Waals surface area contributed by atoms with Gasteiger partial charge in [0.15, 0.2) is 0 Å². The van der Waals surface area contributed by atoms with Crippen LogP contribution in [-0.4, -0.2) is 29.2 Å². The van der Waals surface area contributed by atoms with Crippen molar-refractivity contribution >= 4 is 11.8 Å². The van der Waals surface area contributed by atoms with Crippen molar-refractivity contribution in [2.45, 2.75) is 25.8 Å². The van der Waals surface area contributed by atoms with E-state index >= 15 is 0 Å². The van der Waals surface area contributed by atoms with Gasteiger partial charge in [-0.2, -0.15) is 4.98 Å². The van der Waals surface area contributed by atoms with Crippen LogP contribution in [0.25, 0.3) is 0 Å². The van der Waals surface area contributed by atoms with Gasteiger partial charge in [0, 0.05) is 18.4 Å². The van der Waals surface area contributed by atoms with E-state index in [-0.39, 0.29) is 0 Å². The highest BCUT2D eigenvalue weighted by atomic mass is 16.5. The van der Waals surface area contributed by atoms with Crippen LogP contribution >= 0.6 is 0 Å². The Labute approximate surface area is 89.1 Å². The Balaban J connectivity index is 2.02. The van der Waals surface area contributed by atoms with Crippen molar-refractivity contribution in [2.24, 2.45) is 0 Å². The van der Waals surface area contributed by atoms with Crippen LogP contribution in [0.5, 0.6) is 0 Å². The minimum atomic E-state index is 0.314. The number of nitrogens with two attached hydrogens (primary N) is 1. The lowest BCUT2D eigenvalue weighted by Gasteiger charge is -2.23. The molecule has 2 heterocycles. The van der Waals surface area contributed by atoms with Gasteiger partial charge in [-0.3, -0.25) is 0 Å². The zero-order chi connectivity index (χ0) is 10.7. The lowest BCUT2D eigenvalue weighted by Crippen LogP contribution is -2.30. The van der Waals surface area contributed by atoms with Crippen molar-refractivity contribution in [3.63, 3.8) is 0 Å². The largest absolute Gasteiger partial charge is 0.379 e. The molecule has 82 valence electrons. The van der Waals surface area contributed by atoms with Crippen molar-refractivity contribution in [1.29, 1.82) is 0 Å². The fourth-order valence-corrected chi connectivity index (χ4v) is 1.73. The highest BCUT2D eigenvalue weighted by molar-refractivity contribution is 5.41. The fraction of sp³-hybridized carbons (Fsp3) is 0.600.